The van der Waals surface area contributed by atoms with Crippen LogP contribution in [0.3, 0.4) is 0 Å². The van der Waals surface area contributed by atoms with Crippen LogP contribution in [0.25, 0.3) is 0 Å². The topological polar surface area (TPSA) is 137 Å². The Bertz CT molecular complexity index is 269. The molecule has 2 amide bonds. The van der Waals surface area contributed by atoms with Crippen LogP contribution in [-0.2, 0) is 9.59 Å². The Hall–Kier alpha value is -1.30. The molecule has 0 bridgehead atoms. The number of hydrogen-bond donors (Lipinski definition) is 6. The van der Waals surface area contributed by atoms with E-state index in [1.165, 1.54) is 0 Å². The molecular weight excluding hydrogens is 208 g/mol. The molecular formula is C5H10N6O4. The van der Waals surface area contributed by atoms with Gasteiger partial charge in [-0.3, -0.25) is 19.9 Å². The number of hydrazine groups is 2. The monoisotopic (exact) mass is 218 g/mol. The molecule has 0 radical (unpaired) electrons. The number of amides is 2. The fourth-order valence-electron chi connectivity index (χ4n) is 1.50. The van der Waals surface area contributed by atoms with Crippen LogP contribution in [0.5, 0.6) is 0 Å². The van der Waals surface area contributed by atoms with E-state index in [9.17, 15) is 20.0 Å². The predicted octanol–water partition coefficient (Wildman–Crippen LogP) is -6.02. The maximum absolute atomic E-state index is 11.1. The van der Waals surface area contributed by atoms with E-state index in [0.29, 0.717) is 0 Å². The summed E-state index contributed by atoms with van der Waals surface area (Å²) in [5.74, 6) is -1.04. The maximum atomic E-state index is 11.1. The molecule has 2 rings (SSSR count). The number of carbonyl (C=O) groups is 2. The van der Waals surface area contributed by atoms with Gasteiger partial charge in [0, 0.05) is 0 Å². The fraction of sp³-hybridized carbons (Fsp3) is 0.600. The van der Waals surface area contributed by atoms with Gasteiger partial charge in [0.05, 0.1) is 6.42 Å². The highest BCUT2D eigenvalue weighted by Crippen LogP contribution is 1.96. The molecule has 6 N–H and O–H groups in total. The molecule has 0 spiro atoms. The van der Waals surface area contributed by atoms with Gasteiger partial charge in [0.25, 0.3) is 11.8 Å². The predicted molar refractivity (Wildman–Crippen MR) is 43.4 cm³/mol. The summed E-state index contributed by atoms with van der Waals surface area (Å²) in [5, 5.41) is 21.2. The zero-order valence-electron chi connectivity index (χ0n) is 7.49. The molecule has 2 saturated heterocycles. The highest BCUT2D eigenvalue weighted by molar-refractivity contribution is 5.84. The summed E-state index contributed by atoms with van der Waals surface area (Å²) < 4.78 is 0. The number of hydroxylamine groups is 2. The van der Waals surface area contributed by atoms with Gasteiger partial charge in [0.15, 0.2) is 12.1 Å². The fourth-order valence-corrected chi connectivity index (χ4v) is 1.50. The van der Waals surface area contributed by atoms with Crippen LogP contribution in [0.1, 0.15) is 6.42 Å². The number of carbonyl (C=O) groups excluding carboxylic acids is 2. The van der Waals surface area contributed by atoms with Crippen LogP contribution >= 0.6 is 0 Å². The molecule has 10 nitrogen and oxygen atoms in total. The molecule has 15 heavy (non-hydrogen) atoms. The van der Waals surface area contributed by atoms with Crippen molar-refractivity contribution in [2.75, 3.05) is 0 Å². The summed E-state index contributed by atoms with van der Waals surface area (Å²) >= 11 is 0. The largest absolute Gasteiger partial charge is 0.611 e. The number of hydrogen-bond acceptors (Lipinski definition) is 6. The summed E-state index contributed by atoms with van der Waals surface area (Å²) in [6.07, 6.45) is -0.116. The minimum absolute atomic E-state index is 0.116. The molecule has 2 aliphatic heterocycles. The second-order valence-corrected chi connectivity index (χ2v) is 3.30. The van der Waals surface area contributed by atoms with Gasteiger partial charge < -0.3 is 10.4 Å². The van der Waals surface area contributed by atoms with Crippen LogP contribution in [0.4, 0.5) is 0 Å². The Morgan fingerprint density at radius 3 is 1.67 bits per heavy atom. The Labute approximate surface area is 83.6 Å². The van der Waals surface area contributed by atoms with E-state index < -0.39 is 34.2 Å². The Morgan fingerprint density at radius 2 is 1.40 bits per heavy atom. The molecule has 0 aromatic rings. The van der Waals surface area contributed by atoms with Gasteiger partial charge in [-0.2, -0.15) is 0 Å². The lowest BCUT2D eigenvalue weighted by molar-refractivity contribution is -0.927. The van der Waals surface area contributed by atoms with Crippen molar-refractivity contribution in [2.24, 2.45) is 0 Å². The van der Waals surface area contributed by atoms with Crippen LogP contribution in [0.2, 0.25) is 0 Å². The average Bonchev–Trinajstić information content (AvgIpc) is 2.67. The summed E-state index contributed by atoms with van der Waals surface area (Å²) in [5.41, 5.74) is 8.48. The third-order valence-corrected chi connectivity index (χ3v) is 2.36. The molecule has 4 atom stereocenters. The van der Waals surface area contributed by atoms with E-state index in [0.717, 1.165) is 0 Å². The second kappa shape index (κ2) is 3.69. The third-order valence-electron chi connectivity index (χ3n) is 2.36. The summed E-state index contributed by atoms with van der Waals surface area (Å²) in [6.45, 7) is 0. The normalized spacial score (nSPS) is 40.4. The second-order valence-electron chi connectivity index (χ2n) is 3.30. The van der Waals surface area contributed by atoms with Crippen molar-refractivity contribution >= 4 is 11.8 Å². The van der Waals surface area contributed by atoms with E-state index in [2.05, 4.69) is 21.9 Å². The van der Waals surface area contributed by atoms with E-state index in [1.807, 2.05) is 0 Å². The van der Waals surface area contributed by atoms with Crippen LogP contribution < -0.4 is 32.3 Å². The molecule has 84 valence electrons. The van der Waals surface area contributed by atoms with Gasteiger partial charge >= 0.3 is 0 Å². The summed E-state index contributed by atoms with van der Waals surface area (Å²) in [7, 11) is 0. The molecule has 2 fully saturated rings. The van der Waals surface area contributed by atoms with E-state index in [-0.39, 0.29) is 6.42 Å². The third kappa shape index (κ3) is 1.77. The Kier molecular flexibility index (Phi) is 2.52. The first-order valence-corrected chi connectivity index (χ1v) is 4.29. The van der Waals surface area contributed by atoms with Crippen molar-refractivity contribution in [1.82, 2.24) is 21.9 Å². The van der Waals surface area contributed by atoms with Crippen molar-refractivity contribution in [3.63, 3.8) is 0 Å². The maximum Gasteiger partial charge on any atom is 0.298 e. The van der Waals surface area contributed by atoms with Crippen molar-refractivity contribution in [3.8, 4) is 0 Å². The molecule has 0 aliphatic carbocycles. The molecule has 0 aromatic heterocycles. The van der Waals surface area contributed by atoms with E-state index >= 15 is 0 Å². The zero-order valence-corrected chi connectivity index (χ0v) is 7.49. The number of quaternary nitrogens is 2. The minimum Gasteiger partial charge on any atom is -0.611 e. The highest BCUT2D eigenvalue weighted by atomic mass is 16.6. The Morgan fingerprint density at radius 1 is 1.00 bits per heavy atom. The van der Waals surface area contributed by atoms with E-state index in [4.69, 9.17) is 0 Å². The van der Waals surface area contributed by atoms with Crippen LogP contribution in [0.15, 0.2) is 0 Å². The molecule has 0 aromatic carbocycles. The first-order valence-electron chi connectivity index (χ1n) is 4.29. The van der Waals surface area contributed by atoms with Crippen molar-refractivity contribution < 1.29 is 19.9 Å². The average molecular weight is 218 g/mol. The first kappa shape index (κ1) is 10.2. The van der Waals surface area contributed by atoms with Crippen molar-refractivity contribution in [1.29, 1.82) is 0 Å². The highest BCUT2D eigenvalue weighted by Gasteiger charge is 2.42. The van der Waals surface area contributed by atoms with Gasteiger partial charge in [-0.05, 0) is 0 Å². The first-order chi connectivity index (χ1) is 7.09. The SMILES string of the molecule is O=C1NN[NH+]([O-])C1CC1C(=O)NN[NH+]1[O-]. The van der Waals surface area contributed by atoms with Crippen molar-refractivity contribution in [2.45, 2.75) is 18.5 Å². The lowest BCUT2D eigenvalue weighted by atomic mass is 10.1. The van der Waals surface area contributed by atoms with Gasteiger partial charge in [0.1, 0.15) is 0 Å². The molecule has 0 saturated carbocycles. The van der Waals surface area contributed by atoms with Gasteiger partial charge in [-0.25, -0.2) is 10.9 Å². The van der Waals surface area contributed by atoms with Gasteiger partial charge in [0.2, 0.25) is 0 Å². The minimum atomic E-state index is -0.982. The molecule has 2 aliphatic rings. The van der Waals surface area contributed by atoms with Gasteiger partial charge in [-0.1, -0.05) is 11.1 Å². The van der Waals surface area contributed by atoms with Crippen LogP contribution in [-0.4, -0.2) is 23.9 Å². The van der Waals surface area contributed by atoms with Crippen molar-refractivity contribution in [3.05, 3.63) is 10.4 Å². The summed E-state index contributed by atoms with van der Waals surface area (Å²) in [4.78, 5) is 22.3. The molecule has 10 heteroatoms. The quantitative estimate of drug-likeness (QED) is 0.255. The lowest BCUT2D eigenvalue weighted by Gasteiger charge is -2.24. The standard InChI is InChI=1S/C5H10N6O4/c12-4-2(10(14)8-6-4)1-3-5(13)7-9-11(3)15/h2-3,8-11H,1H2,(H,6,12)(H,7,13). The van der Waals surface area contributed by atoms with Gasteiger partial charge in [-0.15, -0.1) is 0 Å². The van der Waals surface area contributed by atoms with E-state index in [1.54, 1.807) is 0 Å². The Balaban J connectivity index is 2.01. The molecule has 2 heterocycles. The lowest BCUT2D eigenvalue weighted by Crippen LogP contribution is -3.19. The smallest absolute Gasteiger partial charge is 0.298 e. The number of rotatable bonds is 2. The van der Waals surface area contributed by atoms with Crippen LogP contribution in [0, 0.1) is 10.4 Å². The zero-order chi connectivity index (χ0) is 11.0. The summed E-state index contributed by atoms with van der Waals surface area (Å²) in [6, 6.07) is -1.96. The number of nitrogens with one attached hydrogen (secondary N) is 6. The molecule has 4 unspecified atom stereocenters.